The molecule has 0 fully saturated rings. The normalized spacial score (nSPS) is 8.11. The second kappa shape index (κ2) is 5.48. The van der Waals surface area contributed by atoms with Gasteiger partial charge in [-0.05, 0) is 0 Å². The molecule has 0 unspecified atom stereocenters. The van der Waals surface area contributed by atoms with E-state index in [1.54, 1.807) is 0 Å². The number of hydrogen-bond donors (Lipinski definition) is 0. The molecule has 7 heteroatoms. The van der Waals surface area contributed by atoms with E-state index in [-0.39, 0.29) is 17.4 Å². The molecule has 0 aliphatic heterocycles. The van der Waals surface area contributed by atoms with Crippen molar-refractivity contribution in [2.24, 2.45) is 0 Å². The van der Waals surface area contributed by atoms with Crippen LogP contribution in [-0.4, -0.2) is 32.1 Å². The van der Waals surface area contributed by atoms with Gasteiger partial charge in [-0.2, -0.15) is 8.42 Å². The van der Waals surface area contributed by atoms with E-state index in [4.69, 9.17) is 0 Å². The Labute approximate surface area is 52.2 Å². The van der Waals surface area contributed by atoms with Crippen LogP contribution in [0.15, 0.2) is 0 Å². The van der Waals surface area contributed by atoms with E-state index < -0.39 is 10.1 Å². The summed E-state index contributed by atoms with van der Waals surface area (Å²) >= 11 is 0. The zero-order valence-electron chi connectivity index (χ0n) is 4.62. The van der Waals surface area contributed by atoms with E-state index in [0.717, 1.165) is 6.26 Å². The van der Waals surface area contributed by atoms with Gasteiger partial charge in [-0.15, -0.1) is 0 Å². The summed E-state index contributed by atoms with van der Waals surface area (Å²) < 4.78 is 23.1. The third-order valence-corrected chi connectivity index (χ3v) is 0.642. The molecule has 0 heterocycles. The van der Waals surface area contributed by atoms with Crippen molar-refractivity contribution in [1.29, 1.82) is 0 Å². The van der Waals surface area contributed by atoms with Crippen molar-refractivity contribution in [3.8, 4) is 0 Å². The fourth-order valence-electron chi connectivity index (χ4n) is 0.0714. The fraction of sp³-hybridized carbons (Fsp3) is 0.500. The second-order valence-corrected chi connectivity index (χ2v) is 2.50. The molecule has 0 bridgehead atoms. The van der Waals surface area contributed by atoms with Gasteiger partial charge < -0.3 is 15.1 Å². The Morgan fingerprint density at radius 1 is 1.33 bits per heavy atom. The van der Waals surface area contributed by atoms with Gasteiger partial charge in [0.05, 0.1) is 6.26 Å². The van der Waals surface area contributed by atoms with Gasteiger partial charge in [0.15, 0.2) is 0 Å². The molecule has 6 nitrogen and oxygen atoms in total. The van der Waals surface area contributed by atoms with Gasteiger partial charge in [0.1, 0.15) is 0 Å². The maximum atomic E-state index is 9.78. The Hall–Kier alpha value is -0.660. The average Bonchev–Trinajstić information content (AvgIpc) is 1.30. The van der Waals surface area contributed by atoms with Gasteiger partial charge in [-0.25, -0.2) is 0 Å². The molecular weight excluding hydrogens is 152 g/mol. The topological polar surface area (TPSA) is 123 Å². The molecule has 9 heavy (non-hydrogen) atoms. The molecule has 0 rings (SSSR count). The van der Waals surface area contributed by atoms with Gasteiger partial charge in [0.25, 0.3) is 0 Å². The molecule has 0 aliphatic rings. The van der Waals surface area contributed by atoms with Crippen molar-refractivity contribution in [3.05, 3.63) is 0 Å². The van der Waals surface area contributed by atoms with Crippen LogP contribution in [0.25, 0.3) is 0 Å². The number of carbonyl (C=O) groups is 1. The minimum absolute atomic E-state index is 0. The first-order valence-electron chi connectivity index (χ1n) is 1.38. The van der Waals surface area contributed by atoms with E-state index >= 15 is 0 Å². The zero-order chi connectivity index (χ0) is 5.91. The van der Waals surface area contributed by atoms with Crippen LogP contribution in [0.2, 0.25) is 0 Å². The molecule has 0 saturated carbocycles. The zero-order valence-corrected chi connectivity index (χ0v) is 5.44. The lowest BCUT2D eigenvalue weighted by Crippen LogP contribution is -1.99. The van der Waals surface area contributed by atoms with Gasteiger partial charge in [-0.3, -0.25) is 4.79 Å². The van der Waals surface area contributed by atoms with Crippen LogP contribution in [0, 0.1) is 0 Å². The summed E-state index contributed by atoms with van der Waals surface area (Å²) in [6.45, 7) is -0.130. The van der Waals surface area contributed by atoms with Gasteiger partial charge in [0, 0.05) is 0 Å². The third-order valence-electron chi connectivity index (χ3n) is 0.214. The molecule has 0 radical (unpaired) electrons. The first-order valence-corrected chi connectivity index (χ1v) is 3.20. The first kappa shape index (κ1) is 15.8. The third kappa shape index (κ3) is 18.8. The highest BCUT2D eigenvalue weighted by molar-refractivity contribution is 7.86. The van der Waals surface area contributed by atoms with Crippen molar-refractivity contribution >= 4 is 16.6 Å². The molecule has 0 aromatic heterocycles. The van der Waals surface area contributed by atoms with Crippen LogP contribution in [0.1, 0.15) is 0 Å². The van der Waals surface area contributed by atoms with Crippen molar-refractivity contribution in [3.63, 3.8) is 0 Å². The lowest BCUT2D eigenvalue weighted by Gasteiger charge is -1.85. The van der Waals surface area contributed by atoms with Crippen molar-refractivity contribution in [1.82, 2.24) is 0 Å². The van der Waals surface area contributed by atoms with E-state index in [2.05, 4.69) is 4.18 Å². The molecule has 0 aromatic rings. The van der Waals surface area contributed by atoms with Crippen molar-refractivity contribution < 1.29 is 28.3 Å². The van der Waals surface area contributed by atoms with Crippen LogP contribution in [-0.2, 0) is 19.1 Å². The van der Waals surface area contributed by atoms with Gasteiger partial charge in [0.2, 0.25) is 0 Å². The molecule has 4 N–H and O–H groups in total. The summed E-state index contributed by atoms with van der Waals surface area (Å²) in [6, 6.07) is 0. The van der Waals surface area contributed by atoms with Crippen LogP contribution < -0.4 is 0 Å². The summed E-state index contributed by atoms with van der Waals surface area (Å²) in [5.74, 6) is 0. The first-order chi connectivity index (χ1) is 3.06. The molecule has 0 aliphatic carbocycles. The Balaban J connectivity index is -0.000000180. The monoisotopic (exact) mass is 160 g/mol. The minimum atomic E-state index is -3.54. The quantitative estimate of drug-likeness (QED) is 0.326. The van der Waals surface area contributed by atoms with Crippen LogP contribution in [0.5, 0.6) is 0 Å². The molecule has 0 spiro atoms. The maximum absolute atomic E-state index is 9.78. The fourth-order valence-corrected chi connectivity index (χ4v) is 0.214. The van der Waals surface area contributed by atoms with E-state index in [0.29, 0.717) is 0 Å². The van der Waals surface area contributed by atoms with Crippen LogP contribution >= 0.6 is 0 Å². The molecule has 0 aromatic carbocycles. The van der Waals surface area contributed by atoms with Crippen molar-refractivity contribution in [2.45, 2.75) is 0 Å². The predicted molar refractivity (Wildman–Crippen MR) is 29.2 cm³/mol. The molecular formula is C2H8O6S. The van der Waals surface area contributed by atoms with Gasteiger partial charge in [-0.1, -0.05) is 0 Å². The highest BCUT2D eigenvalue weighted by Gasteiger charge is 1.95. The second-order valence-electron chi connectivity index (χ2n) is 0.897. The highest BCUT2D eigenvalue weighted by Crippen LogP contribution is 1.77. The summed E-state index contributed by atoms with van der Waals surface area (Å²) in [6.07, 6.45) is 0.793. The Morgan fingerprint density at radius 3 is 1.67 bits per heavy atom. The molecule has 0 atom stereocenters. The predicted octanol–water partition coefficient (Wildman–Crippen LogP) is -2.53. The molecule has 0 amide bonds. The molecule has 58 valence electrons. The summed E-state index contributed by atoms with van der Waals surface area (Å²) in [4.78, 5) is 9.22. The van der Waals surface area contributed by atoms with Crippen LogP contribution in [0.4, 0.5) is 0 Å². The van der Waals surface area contributed by atoms with E-state index in [1.165, 1.54) is 0 Å². The van der Waals surface area contributed by atoms with Crippen LogP contribution in [0.3, 0.4) is 0 Å². The number of carbonyl (C=O) groups excluding carboxylic acids is 1. The standard InChI is InChI=1S/C2H4O4S.2H2O/c1-7(4,5)6-2-3;;/h2H,1H3;2*1H2. The summed E-state index contributed by atoms with van der Waals surface area (Å²) in [7, 11) is -3.54. The summed E-state index contributed by atoms with van der Waals surface area (Å²) in [5.41, 5.74) is 0. The van der Waals surface area contributed by atoms with Gasteiger partial charge >= 0.3 is 16.6 Å². The summed E-state index contributed by atoms with van der Waals surface area (Å²) in [5, 5.41) is 0. The Morgan fingerprint density at radius 2 is 1.67 bits per heavy atom. The smallest absolute Gasteiger partial charge is 0.309 e. The minimum Gasteiger partial charge on any atom is -0.412 e. The average molecular weight is 160 g/mol. The van der Waals surface area contributed by atoms with E-state index in [9.17, 15) is 13.2 Å². The molecule has 0 saturated heterocycles. The number of rotatable bonds is 2. The Bertz CT molecular complexity index is 144. The Kier molecular flexibility index (Phi) is 9.59. The number of hydrogen-bond acceptors (Lipinski definition) is 4. The van der Waals surface area contributed by atoms with E-state index in [1.807, 2.05) is 0 Å². The lowest BCUT2D eigenvalue weighted by molar-refractivity contribution is -0.120. The lowest BCUT2D eigenvalue weighted by atomic mass is 11.7. The SMILES string of the molecule is CS(=O)(=O)OC=O.O.O. The highest BCUT2D eigenvalue weighted by atomic mass is 32.2. The van der Waals surface area contributed by atoms with Crippen molar-refractivity contribution in [2.75, 3.05) is 6.26 Å². The maximum Gasteiger partial charge on any atom is 0.309 e. The largest absolute Gasteiger partial charge is 0.412 e.